The number of benzene rings is 2. The third-order valence-electron chi connectivity index (χ3n) is 4.46. The van der Waals surface area contributed by atoms with Crippen molar-refractivity contribution in [2.75, 3.05) is 36.5 Å². The second kappa shape index (κ2) is 8.53. The Labute approximate surface area is 177 Å². The smallest absolute Gasteiger partial charge is 0.248 e. The van der Waals surface area contributed by atoms with E-state index >= 15 is 0 Å². The van der Waals surface area contributed by atoms with Gasteiger partial charge < -0.3 is 15.0 Å². The lowest BCUT2D eigenvalue weighted by molar-refractivity contribution is 0.122. The van der Waals surface area contributed by atoms with Crippen molar-refractivity contribution >= 4 is 46.4 Å². The molecule has 2 heterocycles. The van der Waals surface area contributed by atoms with Gasteiger partial charge in [-0.1, -0.05) is 46.0 Å². The highest BCUT2D eigenvalue weighted by molar-refractivity contribution is 6.43. The SMILES string of the molecule is Clc1ccc(N2CCOCC2)c(CNc2nnnn2-c2cccc(Cl)c2Cl)c1. The Morgan fingerprint density at radius 3 is 2.68 bits per heavy atom. The summed E-state index contributed by atoms with van der Waals surface area (Å²) in [6, 6.07) is 11.2. The molecule has 1 aromatic heterocycles. The molecule has 28 heavy (non-hydrogen) atoms. The van der Waals surface area contributed by atoms with Crippen LogP contribution in [0, 0.1) is 0 Å². The van der Waals surface area contributed by atoms with Crippen molar-refractivity contribution in [2.24, 2.45) is 0 Å². The van der Waals surface area contributed by atoms with Gasteiger partial charge in [0.05, 0.1) is 28.9 Å². The van der Waals surface area contributed by atoms with E-state index in [0.29, 0.717) is 46.5 Å². The molecule has 0 unspecified atom stereocenters. The highest BCUT2D eigenvalue weighted by Gasteiger charge is 2.17. The van der Waals surface area contributed by atoms with Gasteiger partial charge in [0.2, 0.25) is 5.95 Å². The molecule has 146 valence electrons. The number of nitrogens with zero attached hydrogens (tertiary/aromatic N) is 5. The van der Waals surface area contributed by atoms with E-state index in [2.05, 4.69) is 25.7 Å². The van der Waals surface area contributed by atoms with Crippen molar-refractivity contribution < 1.29 is 4.74 Å². The Morgan fingerprint density at radius 2 is 1.86 bits per heavy atom. The van der Waals surface area contributed by atoms with Crippen molar-refractivity contribution in [1.82, 2.24) is 20.2 Å². The van der Waals surface area contributed by atoms with Crippen LogP contribution in [0.3, 0.4) is 0 Å². The first kappa shape index (κ1) is 19.3. The van der Waals surface area contributed by atoms with Gasteiger partial charge in [0, 0.05) is 30.3 Å². The van der Waals surface area contributed by atoms with E-state index in [1.165, 1.54) is 4.68 Å². The van der Waals surface area contributed by atoms with E-state index in [9.17, 15) is 0 Å². The summed E-state index contributed by atoms with van der Waals surface area (Å²) in [4.78, 5) is 2.29. The number of hydrogen-bond donors (Lipinski definition) is 1. The van der Waals surface area contributed by atoms with E-state index in [1.54, 1.807) is 18.2 Å². The first-order valence-corrected chi connectivity index (χ1v) is 9.84. The molecule has 7 nitrogen and oxygen atoms in total. The molecular weight excluding hydrogens is 423 g/mol. The number of morpholine rings is 1. The molecule has 0 aliphatic carbocycles. The van der Waals surface area contributed by atoms with Crippen LogP contribution in [0.4, 0.5) is 11.6 Å². The second-order valence-corrected chi connectivity index (χ2v) is 7.43. The number of nitrogens with one attached hydrogen (secondary N) is 1. The maximum Gasteiger partial charge on any atom is 0.248 e. The van der Waals surface area contributed by atoms with Crippen LogP contribution < -0.4 is 10.2 Å². The zero-order valence-electron chi connectivity index (χ0n) is 14.8. The quantitative estimate of drug-likeness (QED) is 0.646. The third-order valence-corrected chi connectivity index (χ3v) is 5.50. The van der Waals surface area contributed by atoms with E-state index in [1.807, 2.05) is 18.2 Å². The average Bonchev–Trinajstić information content (AvgIpc) is 3.17. The lowest BCUT2D eigenvalue weighted by Gasteiger charge is -2.30. The van der Waals surface area contributed by atoms with Crippen molar-refractivity contribution in [1.29, 1.82) is 0 Å². The molecule has 1 saturated heterocycles. The highest BCUT2D eigenvalue weighted by Crippen LogP contribution is 2.30. The fourth-order valence-electron chi connectivity index (χ4n) is 3.10. The van der Waals surface area contributed by atoms with Crippen LogP contribution in [-0.2, 0) is 11.3 Å². The fraction of sp³-hybridized carbons (Fsp3) is 0.278. The van der Waals surface area contributed by atoms with Gasteiger partial charge >= 0.3 is 0 Å². The summed E-state index contributed by atoms with van der Waals surface area (Å²) in [7, 11) is 0. The molecule has 0 atom stereocenters. The Morgan fingerprint density at radius 1 is 1.04 bits per heavy atom. The largest absolute Gasteiger partial charge is 0.378 e. The molecule has 0 radical (unpaired) electrons. The monoisotopic (exact) mass is 438 g/mol. The van der Waals surface area contributed by atoms with Gasteiger partial charge in [0.15, 0.2) is 0 Å². The van der Waals surface area contributed by atoms with E-state index in [-0.39, 0.29) is 0 Å². The van der Waals surface area contributed by atoms with Crippen LogP contribution in [0.25, 0.3) is 5.69 Å². The van der Waals surface area contributed by atoms with Gasteiger partial charge in [-0.25, -0.2) is 0 Å². The Bertz CT molecular complexity index is 974. The number of aromatic nitrogens is 4. The molecule has 0 bridgehead atoms. The predicted molar refractivity (Wildman–Crippen MR) is 111 cm³/mol. The predicted octanol–water partition coefficient (Wildman–Crippen LogP) is 4.07. The molecule has 1 aliphatic heterocycles. The number of halogens is 3. The van der Waals surface area contributed by atoms with Crippen molar-refractivity contribution in [3.05, 3.63) is 57.0 Å². The summed E-state index contributed by atoms with van der Waals surface area (Å²) < 4.78 is 6.97. The van der Waals surface area contributed by atoms with E-state index < -0.39 is 0 Å². The summed E-state index contributed by atoms with van der Waals surface area (Å²) in [6.07, 6.45) is 0. The normalized spacial score (nSPS) is 14.3. The van der Waals surface area contributed by atoms with Crippen LogP contribution in [0.5, 0.6) is 0 Å². The van der Waals surface area contributed by atoms with Crippen LogP contribution in [0.2, 0.25) is 15.1 Å². The first-order chi connectivity index (χ1) is 13.6. The van der Waals surface area contributed by atoms with Crippen molar-refractivity contribution in [3.8, 4) is 5.69 Å². The molecular formula is C18H17Cl3N6O. The summed E-state index contributed by atoms with van der Waals surface area (Å²) in [5.41, 5.74) is 2.75. The summed E-state index contributed by atoms with van der Waals surface area (Å²) in [5, 5.41) is 16.6. The highest BCUT2D eigenvalue weighted by atomic mass is 35.5. The molecule has 0 saturated carbocycles. The summed E-state index contributed by atoms with van der Waals surface area (Å²) in [6.45, 7) is 3.59. The molecule has 2 aromatic carbocycles. The van der Waals surface area contributed by atoms with Gasteiger partial charge in [0.25, 0.3) is 0 Å². The van der Waals surface area contributed by atoms with Crippen LogP contribution in [0.15, 0.2) is 36.4 Å². The lowest BCUT2D eigenvalue weighted by Crippen LogP contribution is -2.36. The standard InChI is InChI=1S/C18H17Cl3N6O/c19-13-4-5-15(26-6-8-28-9-7-26)12(10-13)11-22-18-23-24-25-27(18)16-3-1-2-14(20)17(16)21/h1-5,10H,6-9,11H2,(H,22,23,25). The van der Waals surface area contributed by atoms with Crippen LogP contribution in [-0.4, -0.2) is 46.5 Å². The van der Waals surface area contributed by atoms with Gasteiger partial charge in [-0.05, 0) is 46.3 Å². The molecule has 1 N–H and O–H groups in total. The number of anilines is 2. The molecule has 4 rings (SSSR count). The van der Waals surface area contributed by atoms with Crippen LogP contribution in [0.1, 0.15) is 5.56 Å². The minimum absolute atomic E-state index is 0.385. The number of ether oxygens (including phenoxy) is 1. The minimum atomic E-state index is 0.385. The van der Waals surface area contributed by atoms with Gasteiger partial charge in [-0.3, -0.25) is 0 Å². The Hall–Kier alpha value is -2.06. The number of tetrazole rings is 1. The molecule has 3 aromatic rings. The number of rotatable bonds is 5. The second-order valence-electron chi connectivity index (χ2n) is 6.21. The maximum absolute atomic E-state index is 6.31. The summed E-state index contributed by atoms with van der Waals surface area (Å²) >= 11 is 18.7. The lowest BCUT2D eigenvalue weighted by atomic mass is 10.1. The van der Waals surface area contributed by atoms with Gasteiger partial charge in [-0.15, -0.1) is 0 Å². The molecule has 1 fully saturated rings. The summed E-state index contributed by atoms with van der Waals surface area (Å²) in [5.74, 6) is 0.456. The van der Waals surface area contributed by atoms with Crippen molar-refractivity contribution in [2.45, 2.75) is 6.54 Å². The zero-order chi connectivity index (χ0) is 19.5. The molecule has 0 amide bonds. The van der Waals surface area contributed by atoms with Crippen molar-refractivity contribution in [3.63, 3.8) is 0 Å². The zero-order valence-corrected chi connectivity index (χ0v) is 17.0. The average molecular weight is 440 g/mol. The molecule has 0 spiro atoms. The topological polar surface area (TPSA) is 68.1 Å². The minimum Gasteiger partial charge on any atom is -0.378 e. The van der Waals surface area contributed by atoms with E-state index in [4.69, 9.17) is 39.5 Å². The molecule has 10 heteroatoms. The molecule has 1 aliphatic rings. The van der Waals surface area contributed by atoms with Gasteiger partial charge in [0.1, 0.15) is 0 Å². The third kappa shape index (κ3) is 4.03. The van der Waals surface area contributed by atoms with Gasteiger partial charge in [-0.2, -0.15) is 4.68 Å². The Kier molecular flexibility index (Phi) is 5.87. The Balaban J connectivity index is 1.59. The number of hydrogen-bond acceptors (Lipinski definition) is 6. The maximum atomic E-state index is 6.31. The van der Waals surface area contributed by atoms with Crippen LogP contribution >= 0.6 is 34.8 Å². The first-order valence-electron chi connectivity index (χ1n) is 8.71. The fourth-order valence-corrected chi connectivity index (χ4v) is 3.67. The van der Waals surface area contributed by atoms with E-state index in [0.717, 1.165) is 24.3 Å².